The third-order valence-corrected chi connectivity index (χ3v) is 2.86. The fraction of sp³-hybridized carbons (Fsp3) is 0.571. The maximum atomic E-state index is 13.3. The highest BCUT2D eigenvalue weighted by molar-refractivity contribution is 5.98. The summed E-state index contributed by atoms with van der Waals surface area (Å²) < 4.78 is 13.3. The lowest BCUT2D eigenvalue weighted by Gasteiger charge is -2.21. The zero-order valence-corrected chi connectivity index (χ0v) is 12.6. The summed E-state index contributed by atoms with van der Waals surface area (Å²) in [6, 6.07) is 1.24. The lowest BCUT2D eigenvalue weighted by atomic mass is 10.2. The summed E-state index contributed by atoms with van der Waals surface area (Å²) in [5.41, 5.74) is 0.278. The Hall–Kier alpha value is -1.69. The number of nitrogens with one attached hydrogen (secondary N) is 1. The van der Waals surface area contributed by atoms with Crippen molar-refractivity contribution in [2.24, 2.45) is 0 Å². The zero-order valence-electron chi connectivity index (χ0n) is 12.6. The molecule has 0 radical (unpaired) electrons. The van der Waals surface area contributed by atoms with Gasteiger partial charge in [0.2, 0.25) is 0 Å². The van der Waals surface area contributed by atoms with Gasteiger partial charge in [0.25, 0.3) is 5.91 Å². The van der Waals surface area contributed by atoms with E-state index in [1.807, 2.05) is 25.9 Å². The highest BCUT2D eigenvalue weighted by Crippen LogP contribution is 2.15. The molecular formula is C14H23FN4O. The van der Waals surface area contributed by atoms with E-state index in [0.29, 0.717) is 18.9 Å². The number of aromatic nitrogens is 1. The Morgan fingerprint density at radius 2 is 2.05 bits per heavy atom. The van der Waals surface area contributed by atoms with Gasteiger partial charge in [0.15, 0.2) is 0 Å². The number of amides is 1. The molecule has 0 aliphatic rings. The molecule has 20 heavy (non-hydrogen) atoms. The summed E-state index contributed by atoms with van der Waals surface area (Å²) >= 11 is 0. The number of pyridine rings is 1. The van der Waals surface area contributed by atoms with Crippen LogP contribution in [-0.4, -0.2) is 61.5 Å². The molecule has 1 heterocycles. The Balaban J connectivity index is 2.86. The molecule has 112 valence electrons. The molecule has 1 rings (SSSR count). The fourth-order valence-electron chi connectivity index (χ4n) is 1.64. The van der Waals surface area contributed by atoms with Crippen molar-refractivity contribution in [1.82, 2.24) is 14.8 Å². The van der Waals surface area contributed by atoms with Crippen LogP contribution >= 0.6 is 0 Å². The molecule has 6 heteroatoms. The third-order valence-electron chi connectivity index (χ3n) is 2.86. The smallest absolute Gasteiger partial charge is 0.257 e. The molecule has 1 aromatic rings. The van der Waals surface area contributed by atoms with Gasteiger partial charge < -0.3 is 15.1 Å². The molecule has 0 aromatic carbocycles. The molecule has 0 unspecified atom stereocenters. The summed E-state index contributed by atoms with van der Waals surface area (Å²) in [4.78, 5) is 19.9. The first kappa shape index (κ1) is 16.4. The van der Waals surface area contributed by atoms with Gasteiger partial charge in [-0.2, -0.15) is 0 Å². The normalized spacial score (nSPS) is 10.7. The van der Waals surface area contributed by atoms with Crippen molar-refractivity contribution in [3.05, 3.63) is 23.6 Å². The van der Waals surface area contributed by atoms with Crippen LogP contribution in [-0.2, 0) is 0 Å². The van der Waals surface area contributed by atoms with E-state index in [2.05, 4.69) is 10.3 Å². The number of nitrogens with zero attached hydrogens (tertiary/aromatic N) is 3. The minimum atomic E-state index is -0.503. The number of halogens is 1. The van der Waals surface area contributed by atoms with Crippen LogP contribution in [0.3, 0.4) is 0 Å². The molecule has 0 spiro atoms. The number of carbonyl (C=O) groups is 1. The van der Waals surface area contributed by atoms with Crippen molar-refractivity contribution >= 4 is 11.7 Å². The predicted octanol–water partition coefficient (Wildman–Crippen LogP) is 1.68. The van der Waals surface area contributed by atoms with Crippen molar-refractivity contribution < 1.29 is 9.18 Å². The zero-order chi connectivity index (χ0) is 15.1. The number of rotatable bonds is 7. The van der Waals surface area contributed by atoms with Gasteiger partial charge in [-0.25, -0.2) is 9.37 Å². The second-order valence-corrected chi connectivity index (χ2v) is 5.01. The number of likely N-dealkylation sites (N-methyl/N-ethyl adjacent to an activating group) is 2. The standard InChI is InChI=1S/C14H23FN4O/c1-5-6-16-13-12(9-11(15)10-17-13)14(20)19(4)8-7-18(2)3/h9-10H,5-8H2,1-4H3,(H,16,17). The number of anilines is 1. The van der Waals surface area contributed by atoms with Crippen LogP contribution in [0.5, 0.6) is 0 Å². The van der Waals surface area contributed by atoms with E-state index >= 15 is 0 Å². The van der Waals surface area contributed by atoms with E-state index in [9.17, 15) is 9.18 Å². The first-order valence-corrected chi connectivity index (χ1v) is 6.75. The Morgan fingerprint density at radius 3 is 2.65 bits per heavy atom. The highest BCUT2D eigenvalue weighted by Gasteiger charge is 2.17. The van der Waals surface area contributed by atoms with Gasteiger partial charge in [0, 0.05) is 26.7 Å². The van der Waals surface area contributed by atoms with Crippen LogP contribution in [0.1, 0.15) is 23.7 Å². The molecule has 0 aliphatic carbocycles. The Kier molecular flexibility index (Phi) is 6.38. The molecule has 0 aliphatic heterocycles. The van der Waals surface area contributed by atoms with Crippen molar-refractivity contribution in [3.63, 3.8) is 0 Å². The van der Waals surface area contributed by atoms with Crippen LogP contribution in [0.15, 0.2) is 12.3 Å². The fourth-order valence-corrected chi connectivity index (χ4v) is 1.64. The Bertz CT molecular complexity index is 451. The maximum Gasteiger partial charge on any atom is 0.257 e. The number of carbonyl (C=O) groups excluding carboxylic acids is 1. The molecule has 0 saturated carbocycles. The average molecular weight is 282 g/mol. The van der Waals surface area contributed by atoms with E-state index in [-0.39, 0.29) is 11.5 Å². The summed E-state index contributed by atoms with van der Waals surface area (Å²) in [5, 5.41) is 3.06. The molecule has 5 nitrogen and oxygen atoms in total. The Labute approximate surface area is 119 Å². The molecule has 1 N–H and O–H groups in total. The van der Waals surface area contributed by atoms with Crippen LogP contribution < -0.4 is 5.32 Å². The minimum Gasteiger partial charge on any atom is -0.369 e. The first-order chi connectivity index (χ1) is 9.45. The van der Waals surface area contributed by atoms with Gasteiger partial charge in [-0.15, -0.1) is 0 Å². The van der Waals surface area contributed by atoms with Crippen LogP contribution in [0.4, 0.5) is 10.2 Å². The number of hydrogen-bond acceptors (Lipinski definition) is 4. The lowest BCUT2D eigenvalue weighted by Crippen LogP contribution is -2.34. The second-order valence-electron chi connectivity index (χ2n) is 5.01. The van der Waals surface area contributed by atoms with E-state index in [1.54, 1.807) is 11.9 Å². The maximum absolute atomic E-state index is 13.3. The molecule has 0 fully saturated rings. The van der Waals surface area contributed by atoms with Gasteiger partial charge in [-0.3, -0.25) is 4.79 Å². The summed E-state index contributed by atoms with van der Waals surface area (Å²) in [5.74, 6) is -0.288. The van der Waals surface area contributed by atoms with Gasteiger partial charge in [-0.05, 0) is 26.6 Å². The average Bonchev–Trinajstić information content (AvgIpc) is 2.42. The minimum absolute atomic E-state index is 0.225. The highest BCUT2D eigenvalue weighted by atomic mass is 19.1. The lowest BCUT2D eigenvalue weighted by molar-refractivity contribution is 0.0786. The molecule has 0 saturated heterocycles. The van der Waals surface area contributed by atoms with Gasteiger partial charge in [0.1, 0.15) is 11.6 Å². The largest absolute Gasteiger partial charge is 0.369 e. The van der Waals surface area contributed by atoms with Gasteiger partial charge >= 0.3 is 0 Å². The topological polar surface area (TPSA) is 48.5 Å². The van der Waals surface area contributed by atoms with Crippen molar-refractivity contribution in [2.75, 3.05) is 46.1 Å². The first-order valence-electron chi connectivity index (χ1n) is 6.75. The van der Waals surface area contributed by atoms with Crippen molar-refractivity contribution in [2.45, 2.75) is 13.3 Å². The van der Waals surface area contributed by atoms with Gasteiger partial charge in [-0.1, -0.05) is 6.92 Å². The van der Waals surface area contributed by atoms with Crippen molar-refractivity contribution in [1.29, 1.82) is 0 Å². The summed E-state index contributed by atoms with van der Waals surface area (Å²) in [6.45, 7) is 4.04. The van der Waals surface area contributed by atoms with E-state index < -0.39 is 5.82 Å². The van der Waals surface area contributed by atoms with Crippen LogP contribution in [0, 0.1) is 5.82 Å². The van der Waals surface area contributed by atoms with Gasteiger partial charge in [0.05, 0.1) is 11.8 Å². The van der Waals surface area contributed by atoms with Crippen molar-refractivity contribution in [3.8, 4) is 0 Å². The van der Waals surface area contributed by atoms with Crippen LogP contribution in [0.25, 0.3) is 0 Å². The third kappa shape index (κ3) is 4.77. The van der Waals surface area contributed by atoms with Crippen LogP contribution in [0.2, 0.25) is 0 Å². The number of hydrogen-bond donors (Lipinski definition) is 1. The molecule has 0 bridgehead atoms. The Morgan fingerprint density at radius 1 is 1.35 bits per heavy atom. The monoisotopic (exact) mass is 282 g/mol. The van der Waals surface area contributed by atoms with E-state index in [0.717, 1.165) is 19.2 Å². The molecule has 1 aromatic heterocycles. The SMILES string of the molecule is CCCNc1ncc(F)cc1C(=O)N(C)CCN(C)C. The molecular weight excluding hydrogens is 259 g/mol. The summed E-state index contributed by atoms with van der Waals surface area (Å²) in [6.07, 6.45) is 2.03. The van der Waals surface area contributed by atoms with E-state index in [1.165, 1.54) is 6.07 Å². The molecule has 0 atom stereocenters. The summed E-state index contributed by atoms with van der Waals surface area (Å²) in [7, 11) is 5.59. The molecule has 1 amide bonds. The van der Waals surface area contributed by atoms with E-state index in [4.69, 9.17) is 0 Å². The predicted molar refractivity (Wildman–Crippen MR) is 78.5 cm³/mol. The second kappa shape index (κ2) is 7.79. The quantitative estimate of drug-likeness (QED) is 0.826.